The first-order valence-corrected chi connectivity index (χ1v) is 21.5. The molecule has 0 aliphatic heterocycles. The molecule has 58 heavy (non-hydrogen) atoms. The molecule has 0 atom stereocenters. The Morgan fingerprint density at radius 3 is 1.38 bits per heavy atom. The number of nitrogens with zero attached hydrogens (tertiary/aromatic N) is 2. The number of hydrogen-bond acceptors (Lipinski definition) is 16. The first-order chi connectivity index (χ1) is 27.0. The fraction of sp³-hybridized carbons (Fsp3) is 0.0588. The Morgan fingerprint density at radius 1 is 0.500 bits per heavy atom. The molecule has 24 heteroatoms. The molecule has 0 spiro atoms. The number of allylic oxidation sites excluding steroid dienone is 2. The lowest BCUT2D eigenvalue weighted by atomic mass is 9.94. The summed E-state index contributed by atoms with van der Waals surface area (Å²) in [4.78, 5) is 23.0. The lowest BCUT2D eigenvalue weighted by Crippen LogP contribution is -2.27. The van der Waals surface area contributed by atoms with Gasteiger partial charge < -0.3 is 9.47 Å². The zero-order valence-electron chi connectivity index (χ0n) is 29.3. The minimum absolute atomic E-state index is 0.00937. The van der Waals surface area contributed by atoms with Crippen LogP contribution < -0.4 is 20.3 Å². The van der Waals surface area contributed by atoms with Crippen LogP contribution in [0.2, 0.25) is 0 Å². The molecule has 4 aromatic carbocycles. The molecule has 302 valence electrons. The van der Waals surface area contributed by atoms with Crippen LogP contribution in [-0.2, 0) is 50.1 Å². The van der Waals surface area contributed by atoms with Crippen molar-refractivity contribution < 1.29 is 70.9 Å². The van der Waals surface area contributed by atoms with Gasteiger partial charge in [-0.1, -0.05) is 24.3 Å². The van der Waals surface area contributed by atoms with E-state index in [9.17, 15) is 61.5 Å². The lowest BCUT2D eigenvalue weighted by molar-refractivity contribution is -0.110. The summed E-state index contributed by atoms with van der Waals surface area (Å²) >= 11 is 0. The quantitative estimate of drug-likeness (QED) is 0.0931. The predicted molar refractivity (Wildman–Crippen MR) is 207 cm³/mol. The van der Waals surface area contributed by atoms with Crippen molar-refractivity contribution in [1.82, 2.24) is 0 Å². The number of Topliss-reactive ketones (excluding diaryl/α,β-unsaturated/α-hetero) is 2. The Labute approximate surface area is 329 Å². The van der Waals surface area contributed by atoms with Gasteiger partial charge in [-0.15, -0.1) is 0 Å². The van der Waals surface area contributed by atoms with Gasteiger partial charge >= 0.3 is 0 Å². The van der Waals surface area contributed by atoms with E-state index in [4.69, 9.17) is 9.47 Å². The Morgan fingerprint density at radius 2 is 0.931 bits per heavy atom. The molecule has 0 heterocycles. The number of anilines is 2. The zero-order chi connectivity index (χ0) is 42.5. The molecule has 6 rings (SSSR count). The molecule has 0 saturated carbocycles. The van der Waals surface area contributed by atoms with Crippen LogP contribution in [0.15, 0.2) is 103 Å². The number of hydrogen-bond donors (Lipinski definition) is 6. The summed E-state index contributed by atoms with van der Waals surface area (Å²) in [5.74, 6) is -2.23. The number of methoxy groups -OCH3 is 2. The van der Waals surface area contributed by atoms with Crippen LogP contribution >= 0.6 is 0 Å². The highest BCUT2D eigenvalue weighted by Gasteiger charge is 2.35. The van der Waals surface area contributed by atoms with E-state index in [0.29, 0.717) is 11.1 Å². The summed E-state index contributed by atoms with van der Waals surface area (Å²) < 4.78 is 144. The lowest BCUT2D eigenvalue weighted by Gasteiger charge is -2.18. The van der Waals surface area contributed by atoms with Crippen molar-refractivity contribution in [3.8, 4) is 22.6 Å². The first-order valence-electron chi connectivity index (χ1n) is 15.8. The van der Waals surface area contributed by atoms with Gasteiger partial charge in [0.1, 0.15) is 32.7 Å². The smallest absolute Gasteiger partial charge is 0.298 e. The maximum atomic E-state index is 13.2. The van der Waals surface area contributed by atoms with E-state index in [-0.39, 0.29) is 45.1 Å². The molecule has 20 nitrogen and oxygen atoms in total. The van der Waals surface area contributed by atoms with Crippen molar-refractivity contribution in [1.29, 1.82) is 0 Å². The van der Waals surface area contributed by atoms with E-state index >= 15 is 0 Å². The Kier molecular flexibility index (Phi) is 10.7. The molecular formula is C34H26N4O16S4. The van der Waals surface area contributed by atoms with Gasteiger partial charge in [-0.2, -0.15) is 43.9 Å². The molecule has 0 saturated heterocycles. The second-order valence-electron chi connectivity index (χ2n) is 12.0. The second-order valence-corrected chi connectivity index (χ2v) is 17.7. The third-order valence-corrected chi connectivity index (χ3v) is 11.9. The van der Waals surface area contributed by atoms with Crippen molar-refractivity contribution in [3.63, 3.8) is 0 Å². The molecule has 0 radical (unpaired) electrons. The van der Waals surface area contributed by atoms with Crippen LogP contribution in [0.3, 0.4) is 0 Å². The second kappa shape index (κ2) is 15.0. The summed E-state index contributed by atoms with van der Waals surface area (Å²) in [5.41, 5.74) is 4.94. The number of carbonyl (C=O) groups is 2. The summed E-state index contributed by atoms with van der Waals surface area (Å²) in [7, 11) is -17.0. The number of fused-ring (bicyclic) bond motifs is 2. The number of ketones is 2. The summed E-state index contributed by atoms with van der Waals surface area (Å²) in [6, 6.07) is 15.1. The van der Waals surface area contributed by atoms with E-state index in [1.54, 1.807) is 12.1 Å². The molecule has 2 aliphatic carbocycles. The molecule has 0 amide bonds. The molecule has 0 aromatic heterocycles. The van der Waals surface area contributed by atoms with Gasteiger partial charge in [0, 0.05) is 11.1 Å². The first kappa shape index (κ1) is 41.5. The van der Waals surface area contributed by atoms with Gasteiger partial charge in [-0.05, 0) is 82.9 Å². The topological polar surface area (TPSA) is 319 Å². The van der Waals surface area contributed by atoms with Crippen molar-refractivity contribution in [2.45, 2.75) is 9.79 Å². The largest absolute Gasteiger partial charge is 0.494 e. The van der Waals surface area contributed by atoms with Crippen molar-refractivity contribution in [3.05, 3.63) is 105 Å². The standard InChI is InChI=1S/C34H26N4O16S4/c1-53-27-12-17(4-9-25(27)35-37-31-23-8-7-21(55(41,42)43)11-20(23)15-30(33(31)39)58(50,51)52)18-5-10-26(28(13-18)54-2)36-38-32-24-16-22(56(44,45)46)6-3-19(24)14-29(34(32)40)57(47,48)49/h3-16,35-36H,1-2H3,(H,41,42,43)(H,44,45,46)(H,47,48,49)(H,50,51,52)/b37-31-,38-32+. The van der Waals surface area contributed by atoms with Gasteiger partial charge in [0.15, 0.2) is 0 Å². The minimum atomic E-state index is -5.11. The van der Waals surface area contributed by atoms with Crippen LogP contribution in [0.25, 0.3) is 23.3 Å². The highest BCUT2D eigenvalue weighted by molar-refractivity contribution is 7.91. The molecule has 0 unspecified atom stereocenters. The minimum Gasteiger partial charge on any atom is -0.494 e. The zero-order valence-corrected chi connectivity index (χ0v) is 32.6. The summed E-state index contributed by atoms with van der Waals surface area (Å²) in [5, 5.41) is 8.06. The van der Waals surface area contributed by atoms with Gasteiger partial charge in [0.05, 0.1) is 35.4 Å². The van der Waals surface area contributed by atoms with Crippen LogP contribution in [-0.4, -0.2) is 89.1 Å². The SMILES string of the molecule is COc1cc(-c2ccc(N/N=C3/C(=O)C(S(=O)(=O)O)=Cc4ccc(S(=O)(=O)O)cc43)c(OC)c2)ccc1N/N=C1\C(=O)C(S(=O)(=O)O)=Cc2cc(S(=O)(=O)O)ccc21. The monoisotopic (exact) mass is 874 g/mol. The van der Waals surface area contributed by atoms with E-state index in [0.717, 1.165) is 48.6 Å². The number of benzene rings is 4. The third kappa shape index (κ3) is 8.29. The number of hydrazone groups is 2. The van der Waals surface area contributed by atoms with E-state index in [1.165, 1.54) is 38.5 Å². The number of carbonyl (C=O) groups excluding carboxylic acids is 2. The third-order valence-electron chi connectivity index (χ3n) is 8.47. The van der Waals surface area contributed by atoms with Gasteiger partial charge in [0.25, 0.3) is 40.5 Å². The fourth-order valence-corrected chi connectivity index (χ4v) is 7.95. The molecular weight excluding hydrogens is 849 g/mol. The average molecular weight is 875 g/mol. The van der Waals surface area contributed by atoms with Gasteiger partial charge in [-0.3, -0.25) is 38.7 Å². The number of nitrogens with one attached hydrogen (secondary N) is 2. The molecule has 0 bridgehead atoms. The summed E-state index contributed by atoms with van der Waals surface area (Å²) in [6.07, 6.45) is 1.57. The molecule has 4 aromatic rings. The van der Waals surface area contributed by atoms with Crippen molar-refractivity contribution in [2.24, 2.45) is 10.2 Å². The molecule has 0 fully saturated rings. The summed E-state index contributed by atoms with van der Waals surface area (Å²) in [6.45, 7) is 0. The average Bonchev–Trinajstić information content (AvgIpc) is 3.14. The fourth-order valence-electron chi connectivity index (χ4n) is 5.72. The van der Waals surface area contributed by atoms with Crippen LogP contribution in [0.1, 0.15) is 22.3 Å². The Bertz CT molecular complexity index is 3060. The van der Waals surface area contributed by atoms with E-state index in [2.05, 4.69) is 21.1 Å². The Hall–Kier alpha value is -6.12. The number of rotatable bonds is 11. The molecule has 2 aliphatic rings. The van der Waals surface area contributed by atoms with Gasteiger partial charge in [-0.25, -0.2) is 0 Å². The van der Waals surface area contributed by atoms with Crippen LogP contribution in [0.5, 0.6) is 11.5 Å². The Balaban J connectivity index is 1.32. The maximum Gasteiger partial charge on any atom is 0.298 e. The highest BCUT2D eigenvalue weighted by Crippen LogP contribution is 2.36. The molecule has 6 N–H and O–H groups in total. The normalized spacial score (nSPS) is 16.0. The van der Waals surface area contributed by atoms with E-state index < -0.39 is 83.1 Å². The van der Waals surface area contributed by atoms with Crippen molar-refractivity contribution in [2.75, 3.05) is 25.1 Å². The van der Waals surface area contributed by atoms with Crippen molar-refractivity contribution >= 4 is 87.0 Å². The maximum absolute atomic E-state index is 13.2. The predicted octanol–water partition coefficient (Wildman–Crippen LogP) is 3.12. The van der Waals surface area contributed by atoms with Gasteiger partial charge in [0.2, 0.25) is 11.6 Å². The van der Waals surface area contributed by atoms with Crippen LogP contribution in [0, 0.1) is 0 Å². The van der Waals surface area contributed by atoms with Crippen LogP contribution in [0.4, 0.5) is 11.4 Å². The van der Waals surface area contributed by atoms with E-state index in [1.807, 2.05) is 0 Å². The number of ether oxygens (including phenoxy) is 2. The highest BCUT2D eigenvalue weighted by atomic mass is 32.2.